The second kappa shape index (κ2) is 9.07. The summed E-state index contributed by atoms with van der Waals surface area (Å²) in [5.41, 5.74) is 0.223. The van der Waals surface area contributed by atoms with E-state index in [0.29, 0.717) is 16.5 Å². The number of phenolic OH excluding ortho intramolecular Hbond substituents is 2. The summed E-state index contributed by atoms with van der Waals surface area (Å²) in [6.45, 7) is 0. The van der Waals surface area contributed by atoms with E-state index >= 15 is 0 Å². The van der Waals surface area contributed by atoms with Crippen molar-refractivity contribution in [3.05, 3.63) is 105 Å². The molecule has 0 aliphatic carbocycles. The maximum Gasteiger partial charge on any atom is 0.306 e. The molecule has 8 nitrogen and oxygen atoms in total. The van der Waals surface area contributed by atoms with Crippen LogP contribution in [0.1, 0.15) is 23.5 Å². The quantitative estimate of drug-likeness (QED) is 0.316. The Balaban J connectivity index is 1.85. The average Bonchev–Trinajstić information content (AvgIpc) is 2.87. The molecule has 1 atom stereocenters. The van der Waals surface area contributed by atoms with Gasteiger partial charge >= 0.3 is 5.97 Å². The summed E-state index contributed by atoms with van der Waals surface area (Å²) in [6, 6.07) is 19.8. The third-order valence-corrected chi connectivity index (χ3v) is 6.16. The van der Waals surface area contributed by atoms with E-state index in [-0.39, 0.29) is 34.3 Å². The van der Waals surface area contributed by atoms with Crippen molar-refractivity contribution >= 4 is 27.8 Å². The lowest BCUT2D eigenvalue weighted by Gasteiger charge is -2.20. The average molecular weight is 483 g/mol. The van der Waals surface area contributed by atoms with Gasteiger partial charge in [0.2, 0.25) is 0 Å². The number of nitrogens with one attached hydrogen (secondary N) is 1. The number of ether oxygens (including phenoxy) is 1. The van der Waals surface area contributed by atoms with E-state index in [4.69, 9.17) is 9.15 Å². The van der Waals surface area contributed by atoms with Crippen LogP contribution in [0.25, 0.3) is 33.2 Å². The van der Waals surface area contributed by atoms with E-state index in [2.05, 4.69) is 4.98 Å². The molecule has 0 radical (unpaired) electrons. The van der Waals surface area contributed by atoms with Crippen molar-refractivity contribution in [3.8, 4) is 22.8 Å². The molecular weight excluding hydrogens is 462 g/mol. The van der Waals surface area contributed by atoms with Crippen LogP contribution in [0.3, 0.4) is 0 Å². The van der Waals surface area contributed by atoms with Gasteiger partial charge in [0.05, 0.1) is 13.5 Å². The van der Waals surface area contributed by atoms with Crippen LogP contribution in [0.4, 0.5) is 0 Å². The topological polar surface area (TPSA) is 130 Å². The number of benzene rings is 3. The maximum absolute atomic E-state index is 13.2. The summed E-state index contributed by atoms with van der Waals surface area (Å²) in [6.07, 6.45) is -0.329. The minimum atomic E-state index is -1.05. The number of H-pyrrole nitrogens is 1. The van der Waals surface area contributed by atoms with Gasteiger partial charge in [0.25, 0.3) is 5.56 Å². The highest BCUT2D eigenvalue weighted by molar-refractivity contribution is 5.91. The Morgan fingerprint density at radius 3 is 2.44 bits per heavy atom. The normalized spacial score (nSPS) is 12.0. The van der Waals surface area contributed by atoms with Crippen LogP contribution in [0.15, 0.2) is 86.8 Å². The van der Waals surface area contributed by atoms with Gasteiger partial charge in [0.1, 0.15) is 28.2 Å². The smallest absolute Gasteiger partial charge is 0.306 e. The molecule has 5 aromatic rings. The fraction of sp³-hybridized carbons (Fsp3) is 0.107. The number of hydrogen-bond donors (Lipinski definition) is 3. The number of aromatic hydroxyl groups is 2. The molecule has 0 saturated carbocycles. The SMILES string of the molecule is COC(=O)CC(c1cc2ccccc2[nH]c1=O)c1c(O)cc(O)c2c(=O)cc(-c3ccccc3)oc12. The molecule has 0 bridgehead atoms. The standard InChI is InChI=1S/C28H21NO7/c1-35-24(33)12-17(18-11-16-9-5-6-10-19(16)29-28(18)34)25-20(30)13-21(31)26-22(32)14-23(36-27(25)26)15-7-3-2-4-8-15/h2-11,13-14,17,30-31H,12H2,1H3,(H,29,34). The van der Waals surface area contributed by atoms with Gasteiger partial charge in [0.15, 0.2) is 5.43 Å². The number of esters is 1. The number of fused-ring (bicyclic) bond motifs is 2. The molecule has 2 heterocycles. The van der Waals surface area contributed by atoms with Crippen LogP contribution < -0.4 is 11.0 Å². The van der Waals surface area contributed by atoms with Crippen LogP contribution in [-0.4, -0.2) is 28.3 Å². The zero-order valence-corrected chi connectivity index (χ0v) is 19.1. The molecule has 36 heavy (non-hydrogen) atoms. The number of carbonyl (C=O) groups excluding carboxylic acids is 1. The molecule has 0 amide bonds. The Labute approximate surface area is 204 Å². The number of phenols is 2. The summed E-state index contributed by atoms with van der Waals surface area (Å²) < 4.78 is 11.0. The van der Waals surface area contributed by atoms with Crippen molar-refractivity contribution < 1.29 is 24.2 Å². The summed E-state index contributed by atoms with van der Waals surface area (Å²) in [7, 11) is 1.21. The molecule has 3 aromatic carbocycles. The zero-order valence-electron chi connectivity index (χ0n) is 19.1. The van der Waals surface area contributed by atoms with Crippen molar-refractivity contribution in [2.45, 2.75) is 12.3 Å². The Morgan fingerprint density at radius 1 is 0.972 bits per heavy atom. The fourth-order valence-electron chi connectivity index (χ4n) is 4.44. The lowest BCUT2D eigenvalue weighted by Crippen LogP contribution is -2.20. The number of pyridine rings is 1. The molecule has 2 aromatic heterocycles. The van der Waals surface area contributed by atoms with Gasteiger partial charge in [0, 0.05) is 40.3 Å². The Kier molecular flexibility index (Phi) is 5.77. The molecule has 0 aliphatic heterocycles. The fourth-order valence-corrected chi connectivity index (χ4v) is 4.44. The van der Waals surface area contributed by atoms with E-state index in [1.807, 2.05) is 6.07 Å². The highest BCUT2D eigenvalue weighted by atomic mass is 16.5. The summed E-state index contributed by atoms with van der Waals surface area (Å²) in [5, 5.41) is 22.0. The van der Waals surface area contributed by atoms with E-state index in [9.17, 15) is 24.6 Å². The van der Waals surface area contributed by atoms with E-state index in [1.54, 1.807) is 54.6 Å². The number of rotatable bonds is 5. The number of aromatic nitrogens is 1. The van der Waals surface area contributed by atoms with Crippen LogP contribution in [0, 0.1) is 0 Å². The Hall–Kier alpha value is -4.85. The first kappa shape index (κ1) is 22.9. The second-order valence-electron chi connectivity index (χ2n) is 8.35. The van der Waals surface area contributed by atoms with Gasteiger partial charge in [-0.2, -0.15) is 0 Å². The zero-order chi connectivity index (χ0) is 25.4. The predicted molar refractivity (Wildman–Crippen MR) is 134 cm³/mol. The summed E-state index contributed by atoms with van der Waals surface area (Å²) in [4.78, 5) is 41.5. The number of carbonyl (C=O) groups is 1. The second-order valence-corrected chi connectivity index (χ2v) is 8.35. The van der Waals surface area contributed by atoms with E-state index in [0.717, 1.165) is 6.07 Å². The van der Waals surface area contributed by atoms with E-state index in [1.165, 1.54) is 13.2 Å². The summed E-state index contributed by atoms with van der Waals surface area (Å²) in [5.74, 6) is -2.42. The first-order chi connectivity index (χ1) is 17.4. The molecule has 180 valence electrons. The monoisotopic (exact) mass is 483 g/mol. The highest BCUT2D eigenvalue weighted by Gasteiger charge is 2.30. The summed E-state index contributed by atoms with van der Waals surface area (Å²) >= 11 is 0. The van der Waals surface area contributed by atoms with E-state index < -0.39 is 34.4 Å². The first-order valence-corrected chi connectivity index (χ1v) is 11.1. The van der Waals surface area contributed by atoms with Crippen LogP contribution in [0.5, 0.6) is 11.5 Å². The molecule has 0 spiro atoms. The predicted octanol–water partition coefficient (Wildman–Crippen LogP) is 4.41. The maximum atomic E-state index is 13.2. The third-order valence-electron chi connectivity index (χ3n) is 6.16. The molecule has 0 saturated heterocycles. The lowest BCUT2D eigenvalue weighted by molar-refractivity contribution is -0.140. The molecule has 3 N–H and O–H groups in total. The molecule has 5 rings (SSSR count). The number of aromatic amines is 1. The molecule has 0 fully saturated rings. The first-order valence-electron chi connectivity index (χ1n) is 11.1. The number of para-hydroxylation sites is 1. The van der Waals surface area contributed by atoms with Crippen LogP contribution in [0.2, 0.25) is 0 Å². The van der Waals surface area contributed by atoms with Crippen molar-refractivity contribution in [1.29, 1.82) is 0 Å². The van der Waals surface area contributed by atoms with Crippen LogP contribution >= 0.6 is 0 Å². The van der Waals surface area contributed by atoms with Crippen molar-refractivity contribution in [2.75, 3.05) is 7.11 Å². The molecular formula is C28H21NO7. The van der Waals surface area contributed by atoms with Crippen molar-refractivity contribution in [2.24, 2.45) is 0 Å². The van der Waals surface area contributed by atoms with Crippen molar-refractivity contribution in [3.63, 3.8) is 0 Å². The third kappa shape index (κ3) is 3.98. The Bertz CT molecular complexity index is 1740. The minimum absolute atomic E-state index is 0.0175. The Morgan fingerprint density at radius 2 is 1.69 bits per heavy atom. The van der Waals surface area contributed by atoms with Gasteiger partial charge < -0.3 is 24.4 Å². The molecule has 8 heteroatoms. The number of methoxy groups -OCH3 is 1. The van der Waals surface area contributed by atoms with Crippen LogP contribution in [-0.2, 0) is 9.53 Å². The van der Waals surface area contributed by atoms with Gasteiger partial charge in [-0.05, 0) is 17.5 Å². The highest BCUT2D eigenvalue weighted by Crippen LogP contribution is 2.42. The van der Waals surface area contributed by atoms with Gasteiger partial charge in [-0.25, -0.2) is 0 Å². The molecule has 1 unspecified atom stereocenters. The van der Waals surface area contributed by atoms with Gasteiger partial charge in [-0.1, -0.05) is 48.5 Å². The van der Waals surface area contributed by atoms with Gasteiger partial charge in [-0.15, -0.1) is 0 Å². The largest absolute Gasteiger partial charge is 0.507 e. The van der Waals surface area contributed by atoms with Crippen molar-refractivity contribution in [1.82, 2.24) is 4.98 Å². The number of hydrogen-bond acceptors (Lipinski definition) is 7. The molecule has 0 aliphatic rings. The van der Waals surface area contributed by atoms with Gasteiger partial charge in [-0.3, -0.25) is 14.4 Å². The lowest BCUT2D eigenvalue weighted by atomic mass is 9.86. The minimum Gasteiger partial charge on any atom is -0.507 e.